The molecule has 0 atom stereocenters. The van der Waals surface area contributed by atoms with Gasteiger partial charge in [0.2, 0.25) is 5.91 Å². The first-order valence-corrected chi connectivity index (χ1v) is 14.0. The summed E-state index contributed by atoms with van der Waals surface area (Å²) >= 11 is 0. The average Bonchev–Trinajstić information content (AvgIpc) is 3.62. The number of carbonyl (C=O) groups excluding carboxylic acids is 1. The van der Waals surface area contributed by atoms with Crippen LogP contribution in [0.3, 0.4) is 0 Å². The molecule has 204 valence electrons. The second-order valence-electron chi connectivity index (χ2n) is 10.7. The monoisotopic (exact) mass is 545 g/mol. The molecule has 0 aliphatic heterocycles. The molecule has 0 saturated heterocycles. The molecule has 1 saturated carbocycles. The maximum atomic E-state index is 14.6. The standard InChI is InChI=1S/C32H28FN7O/c33-25-11-5-4-9-22(25)23-10-6-12-26-30(23)38-32(37-26)31-24-15-27(35-18-28(24)39-40-31)20-14-21(17-34-16-20)36-29(41)13-19-7-2-1-3-8-19/h4-6,9-12,14-19H,1-3,7-8,13H2,(H,36,41)(H,37,38)(H,39,40). The third-order valence-electron chi connectivity index (χ3n) is 7.86. The Hall–Kier alpha value is -4.92. The average molecular weight is 546 g/mol. The Kier molecular flexibility index (Phi) is 6.47. The van der Waals surface area contributed by atoms with Gasteiger partial charge in [0.05, 0.1) is 40.3 Å². The molecular weight excluding hydrogens is 517 g/mol. The molecule has 2 aromatic carbocycles. The lowest BCUT2D eigenvalue weighted by Crippen LogP contribution is -2.18. The third-order valence-corrected chi connectivity index (χ3v) is 7.86. The first-order valence-electron chi connectivity index (χ1n) is 14.0. The minimum atomic E-state index is -0.300. The Bertz CT molecular complexity index is 1890. The van der Waals surface area contributed by atoms with Crippen molar-refractivity contribution in [2.45, 2.75) is 38.5 Å². The lowest BCUT2D eigenvalue weighted by atomic mass is 9.87. The zero-order chi connectivity index (χ0) is 27.8. The number of rotatable bonds is 6. The van der Waals surface area contributed by atoms with Crippen LogP contribution in [0.15, 0.2) is 73.2 Å². The fourth-order valence-electron chi connectivity index (χ4n) is 5.81. The molecule has 41 heavy (non-hydrogen) atoms. The van der Waals surface area contributed by atoms with Crippen LogP contribution in [0.5, 0.6) is 0 Å². The Labute approximate surface area is 235 Å². The normalized spacial score (nSPS) is 14.1. The molecule has 1 fully saturated rings. The molecule has 7 rings (SSSR count). The van der Waals surface area contributed by atoms with E-state index < -0.39 is 0 Å². The van der Waals surface area contributed by atoms with E-state index in [4.69, 9.17) is 4.98 Å². The summed E-state index contributed by atoms with van der Waals surface area (Å²) in [4.78, 5) is 29.8. The molecule has 1 aliphatic rings. The van der Waals surface area contributed by atoms with E-state index in [9.17, 15) is 9.18 Å². The number of pyridine rings is 2. The van der Waals surface area contributed by atoms with E-state index >= 15 is 0 Å². The number of imidazole rings is 1. The fraction of sp³-hybridized carbons (Fsp3) is 0.219. The Morgan fingerprint density at radius 3 is 2.68 bits per heavy atom. The van der Waals surface area contributed by atoms with Crippen LogP contribution in [-0.2, 0) is 4.79 Å². The van der Waals surface area contributed by atoms with E-state index in [1.165, 1.54) is 25.3 Å². The van der Waals surface area contributed by atoms with Crippen LogP contribution in [0.1, 0.15) is 38.5 Å². The minimum Gasteiger partial charge on any atom is -0.337 e. The second-order valence-corrected chi connectivity index (χ2v) is 10.7. The quantitative estimate of drug-likeness (QED) is 0.204. The topological polar surface area (TPSA) is 112 Å². The molecule has 3 N–H and O–H groups in total. The van der Waals surface area contributed by atoms with Crippen molar-refractivity contribution < 1.29 is 9.18 Å². The number of para-hydroxylation sites is 1. The first-order chi connectivity index (χ1) is 20.1. The van der Waals surface area contributed by atoms with Gasteiger partial charge in [-0.25, -0.2) is 9.37 Å². The molecule has 1 aliphatic carbocycles. The highest BCUT2D eigenvalue weighted by atomic mass is 19.1. The highest BCUT2D eigenvalue weighted by Crippen LogP contribution is 2.34. The van der Waals surface area contributed by atoms with Crippen LogP contribution in [0.2, 0.25) is 0 Å². The van der Waals surface area contributed by atoms with Crippen LogP contribution in [-0.4, -0.2) is 36.0 Å². The van der Waals surface area contributed by atoms with Gasteiger partial charge in [0.25, 0.3) is 0 Å². The van der Waals surface area contributed by atoms with Gasteiger partial charge in [-0.1, -0.05) is 49.6 Å². The molecule has 4 aromatic heterocycles. The number of fused-ring (bicyclic) bond motifs is 2. The number of benzene rings is 2. The van der Waals surface area contributed by atoms with E-state index in [1.807, 2.05) is 36.4 Å². The number of halogens is 1. The Balaban J connectivity index is 1.20. The van der Waals surface area contributed by atoms with Crippen molar-refractivity contribution in [3.8, 4) is 33.9 Å². The molecule has 6 aromatic rings. The second kappa shape index (κ2) is 10.6. The smallest absolute Gasteiger partial charge is 0.224 e. The highest BCUT2D eigenvalue weighted by Gasteiger charge is 2.19. The number of aromatic amines is 2. The summed E-state index contributed by atoms with van der Waals surface area (Å²) in [5.41, 5.74) is 6.15. The summed E-state index contributed by atoms with van der Waals surface area (Å²) in [5.74, 6) is 0.751. The van der Waals surface area contributed by atoms with Gasteiger partial charge >= 0.3 is 0 Å². The summed E-state index contributed by atoms with van der Waals surface area (Å²) in [6.45, 7) is 0. The number of H-pyrrole nitrogens is 2. The van der Waals surface area contributed by atoms with Gasteiger partial charge in [-0.05, 0) is 43.0 Å². The fourth-order valence-corrected chi connectivity index (χ4v) is 5.81. The molecule has 9 heteroatoms. The van der Waals surface area contributed by atoms with E-state index in [-0.39, 0.29) is 11.7 Å². The minimum absolute atomic E-state index is 0.0241. The summed E-state index contributed by atoms with van der Waals surface area (Å²) in [5, 5.41) is 11.4. The molecule has 0 radical (unpaired) electrons. The first kappa shape index (κ1) is 25.1. The van der Waals surface area contributed by atoms with Crippen LogP contribution < -0.4 is 5.32 Å². The van der Waals surface area contributed by atoms with Crippen LogP contribution >= 0.6 is 0 Å². The van der Waals surface area contributed by atoms with Gasteiger partial charge in [-0.3, -0.25) is 19.9 Å². The lowest BCUT2D eigenvalue weighted by molar-refractivity contribution is -0.117. The molecular formula is C32H28FN7O. The van der Waals surface area contributed by atoms with Gasteiger partial charge in [0.1, 0.15) is 11.5 Å². The van der Waals surface area contributed by atoms with E-state index in [0.717, 1.165) is 34.8 Å². The number of anilines is 1. The molecule has 0 unspecified atom stereocenters. The maximum Gasteiger partial charge on any atom is 0.224 e. The number of hydrogen-bond donors (Lipinski definition) is 3. The Morgan fingerprint density at radius 1 is 0.951 bits per heavy atom. The highest BCUT2D eigenvalue weighted by molar-refractivity contribution is 5.98. The third kappa shape index (κ3) is 4.95. The van der Waals surface area contributed by atoms with Crippen molar-refractivity contribution in [3.05, 3.63) is 79.0 Å². The number of hydrogen-bond acceptors (Lipinski definition) is 5. The van der Waals surface area contributed by atoms with Crippen LogP contribution in [0.4, 0.5) is 10.1 Å². The predicted molar refractivity (Wildman–Crippen MR) is 157 cm³/mol. The zero-order valence-electron chi connectivity index (χ0n) is 22.3. The molecule has 0 bridgehead atoms. The van der Waals surface area contributed by atoms with Gasteiger partial charge in [-0.2, -0.15) is 5.10 Å². The predicted octanol–water partition coefficient (Wildman–Crippen LogP) is 7.28. The van der Waals surface area contributed by atoms with Crippen molar-refractivity contribution in [1.82, 2.24) is 30.1 Å². The van der Waals surface area contributed by atoms with Gasteiger partial charge in [-0.15, -0.1) is 0 Å². The largest absolute Gasteiger partial charge is 0.337 e. The van der Waals surface area contributed by atoms with Crippen molar-refractivity contribution in [2.75, 3.05) is 5.32 Å². The molecule has 8 nitrogen and oxygen atoms in total. The van der Waals surface area contributed by atoms with Crippen molar-refractivity contribution in [2.24, 2.45) is 5.92 Å². The number of amides is 1. The van der Waals surface area contributed by atoms with Crippen molar-refractivity contribution in [3.63, 3.8) is 0 Å². The molecule has 1 amide bonds. The lowest BCUT2D eigenvalue weighted by Gasteiger charge is -2.20. The summed E-state index contributed by atoms with van der Waals surface area (Å²) in [6, 6.07) is 16.2. The number of nitrogens with one attached hydrogen (secondary N) is 3. The number of aromatic nitrogens is 6. The number of carbonyl (C=O) groups is 1. The number of nitrogens with zero attached hydrogens (tertiary/aromatic N) is 4. The summed E-state index contributed by atoms with van der Waals surface area (Å²) in [7, 11) is 0. The van der Waals surface area contributed by atoms with Crippen LogP contribution in [0, 0.1) is 11.7 Å². The van der Waals surface area contributed by atoms with Gasteiger partial charge in [0.15, 0.2) is 5.82 Å². The zero-order valence-corrected chi connectivity index (χ0v) is 22.3. The molecule has 0 spiro atoms. The summed E-state index contributed by atoms with van der Waals surface area (Å²) in [6.07, 6.45) is 11.6. The van der Waals surface area contributed by atoms with E-state index in [2.05, 4.69) is 30.5 Å². The van der Waals surface area contributed by atoms with Gasteiger partial charge < -0.3 is 10.3 Å². The van der Waals surface area contributed by atoms with E-state index in [0.29, 0.717) is 51.9 Å². The Morgan fingerprint density at radius 2 is 1.80 bits per heavy atom. The van der Waals surface area contributed by atoms with Gasteiger partial charge in [0, 0.05) is 34.7 Å². The van der Waals surface area contributed by atoms with E-state index in [1.54, 1.807) is 30.7 Å². The molecule has 4 heterocycles. The summed E-state index contributed by atoms with van der Waals surface area (Å²) < 4.78 is 14.6. The van der Waals surface area contributed by atoms with Crippen molar-refractivity contribution in [1.29, 1.82) is 0 Å². The van der Waals surface area contributed by atoms with Crippen LogP contribution in [0.25, 0.3) is 55.8 Å². The SMILES string of the molecule is O=C(CC1CCCCC1)Nc1cncc(-c2cc3c(-c4nc5c(-c6ccccc6F)cccc5[nH]4)n[nH]c3cn2)c1. The van der Waals surface area contributed by atoms with Crippen molar-refractivity contribution >= 4 is 33.5 Å². The maximum absolute atomic E-state index is 14.6.